The summed E-state index contributed by atoms with van der Waals surface area (Å²) in [6.45, 7) is 1.88. The van der Waals surface area contributed by atoms with Crippen LogP contribution in [0.1, 0.15) is 30.0 Å². The molecule has 0 aliphatic carbocycles. The van der Waals surface area contributed by atoms with Crippen molar-refractivity contribution in [2.45, 2.75) is 25.4 Å². The molecule has 0 bridgehead atoms. The molecular formula is C22H27BrN2O3. The zero-order chi connectivity index (χ0) is 20.1. The van der Waals surface area contributed by atoms with Gasteiger partial charge in [-0.2, -0.15) is 0 Å². The van der Waals surface area contributed by atoms with Crippen molar-refractivity contribution in [2.24, 2.45) is 0 Å². The number of ether oxygens (including phenoxy) is 2. The topological polar surface area (TPSA) is 42.0 Å². The van der Waals surface area contributed by atoms with E-state index < -0.39 is 0 Å². The van der Waals surface area contributed by atoms with Crippen LogP contribution in [-0.2, 0) is 11.3 Å². The number of likely N-dealkylation sites (N-methyl/N-ethyl adjacent to an activating group) is 1. The van der Waals surface area contributed by atoms with E-state index >= 15 is 0 Å². The van der Waals surface area contributed by atoms with Crippen molar-refractivity contribution in [3.05, 3.63) is 58.1 Å². The van der Waals surface area contributed by atoms with Gasteiger partial charge in [-0.3, -0.25) is 9.69 Å². The Kier molecular flexibility index (Phi) is 6.97. The van der Waals surface area contributed by atoms with Gasteiger partial charge in [-0.25, -0.2) is 0 Å². The largest absolute Gasteiger partial charge is 0.497 e. The van der Waals surface area contributed by atoms with Gasteiger partial charge in [-0.05, 0) is 49.2 Å². The maximum Gasteiger partial charge on any atom is 0.236 e. The number of benzene rings is 2. The molecule has 1 unspecified atom stereocenters. The molecule has 1 saturated heterocycles. The number of rotatable bonds is 7. The van der Waals surface area contributed by atoms with Crippen LogP contribution in [-0.4, -0.2) is 50.1 Å². The third-order valence-electron chi connectivity index (χ3n) is 5.29. The molecule has 0 saturated carbocycles. The zero-order valence-electron chi connectivity index (χ0n) is 16.7. The zero-order valence-corrected chi connectivity index (χ0v) is 18.2. The molecule has 0 spiro atoms. The van der Waals surface area contributed by atoms with Crippen LogP contribution in [0.15, 0.2) is 46.9 Å². The number of hydrogen-bond donors (Lipinski definition) is 0. The van der Waals surface area contributed by atoms with E-state index in [2.05, 4.69) is 20.8 Å². The van der Waals surface area contributed by atoms with Gasteiger partial charge in [0.1, 0.15) is 11.5 Å². The summed E-state index contributed by atoms with van der Waals surface area (Å²) in [5, 5.41) is 0. The van der Waals surface area contributed by atoms with Crippen LogP contribution in [0.5, 0.6) is 11.5 Å². The fraction of sp³-hybridized carbons (Fsp3) is 0.409. The van der Waals surface area contributed by atoms with Crippen molar-refractivity contribution in [1.29, 1.82) is 0 Å². The third-order valence-corrected chi connectivity index (χ3v) is 6.06. The van der Waals surface area contributed by atoms with Gasteiger partial charge in [0.2, 0.25) is 5.91 Å². The first-order chi connectivity index (χ1) is 13.5. The van der Waals surface area contributed by atoms with E-state index in [1.807, 2.05) is 49.5 Å². The first kappa shape index (κ1) is 20.7. The molecular weight excluding hydrogens is 420 g/mol. The normalized spacial score (nSPS) is 16.8. The van der Waals surface area contributed by atoms with E-state index in [0.29, 0.717) is 13.1 Å². The van der Waals surface area contributed by atoms with Gasteiger partial charge in [0.05, 0.1) is 20.8 Å². The molecule has 5 nitrogen and oxygen atoms in total. The second-order valence-electron chi connectivity index (χ2n) is 7.08. The highest BCUT2D eigenvalue weighted by Crippen LogP contribution is 2.38. The minimum absolute atomic E-state index is 0.115. The quantitative estimate of drug-likeness (QED) is 0.636. The predicted octanol–water partition coefficient (Wildman–Crippen LogP) is 4.26. The summed E-state index contributed by atoms with van der Waals surface area (Å²) in [5.41, 5.74) is 2.19. The molecule has 1 fully saturated rings. The van der Waals surface area contributed by atoms with Gasteiger partial charge in [0, 0.05) is 29.7 Å². The van der Waals surface area contributed by atoms with Crippen LogP contribution in [0, 0.1) is 0 Å². The van der Waals surface area contributed by atoms with Crippen LogP contribution >= 0.6 is 15.9 Å². The number of methoxy groups -OCH3 is 2. The van der Waals surface area contributed by atoms with E-state index in [1.54, 1.807) is 19.1 Å². The fourth-order valence-corrected chi connectivity index (χ4v) is 4.14. The monoisotopic (exact) mass is 446 g/mol. The Bertz CT molecular complexity index is 827. The van der Waals surface area contributed by atoms with E-state index in [4.69, 9.17) is 9.47 Å². The highest BCUT2D eigenvalue weighted by atomic mass is 79.9. The molecule has 1 aliphatic heterocycles. The lowest BCUT2D eigenvalue weighted by Gasteiger charge is -2.28. The summed E-state index contributed by atoms with van der Waals surface area (Å²) in [5.74, 6) is 1.76. The molecule has 0 radical (unpaired) electrons. The molecule has 150 valence electrons. The Morgan fingerprint density at radius 2 is 2.00 bits per heavy atom. The molecule has 0 aromatic heterocycles. The molecule has 2 aromatic carbocycles. The highest BCUT2D eigenvalue weighted by Gasteiger charge is 2.30. The summed E-state index contributed by atoms with van der Waals surface area (Å²) >= 11 is 3.56. The number of likely N-dealkylation sites (tertiary alicyclic amines) is 1. The first-order valence-corrected chi connectivity index (χ1v) is 10.3. The van der Waals surface area contributed by atoms with Gasteiger partial charge in [-0.1, -0.05) is 34.1 Å². The average Bonchev–Trinajstić information content (AvgIpc) is 3.17. The van der Waals surface area contributed by atoms with Crippen LogP contribution in [0.4, 0.5) is 0 Å². The summed E-state index contributed by atoms with van der Waals surface area (Å²) in [7, 11) is 5.21. The van der Waals surface area contributed by atoms with Crippen molar-refractivity contribution in [1.82, 2.24) is 9.80 Å². The minimum atomic E-state index is 0.115. The Morgan fingerprint density at radius 3 is 2.71 bits per heavy atom. The average molecular weight is 447 g/mol. The van der Waals surface area contributed by atoms with E-state index in [9.17, 15) is 4.79 Å². The minimum Gasteiger partial charge on any atom is -0.497 e. The molecule has 3 rings (SSSR count). The lowest BCUT2D eigenvalue weighted by Crippen LogP contribution is -2.38. The van der Waals surface area contributed by atoms with E-state index in [0.717, 1.165) is 46.5 Å². The molecule has 0 N–H and O–H groups in total. The number of nitrogens with zero attached hydrogens (tertiary/aromatic N) is 2. The van der Waals surface area contributed by atoms with Crippen LogP contribution < -0.4 is 9.47 Å². The van der Waals surface area contributed by atoms with Crippen molar-refractivity contribution in [3.8, 4) is 11.5 Å². The van der Waals surface area contributed by atoms with Crippen LogP contribution in [0.2, 0.25) is 0 Å². The number of halogens is 1. The van der Waals surface area contributed by atoms with Gasteiger partial charge in [0.15, 0.2) is 0 Å². The highest BCUT2D eigenvalue weighted by molar-refractivity contribution is 9.10. The number of hydrogen-bond acceptors (Lipinski definition) is 4. The van der Waals surface area contributed by atoms with Crippen molar-refractivity contribution in [2.75, 3.05) is 34.4 Å². The fourth-order valence-electron chi connectivity index (χ4n) is 3.73. The van der Waals surface area contributed by atoms with E-state index in [-0.39, 0.29) is 11.9 Å². The number of amides is 1. The summed E-state index contributed by atoms with van der Waals surface area (Å²) in [4.78, 5) is 16.9. The SMILES string of the molecule is COc1ccc(OC)c(C2CCCN2CC(=O)N(C)Cc2ccccc2Br)c1. The lowest BCUT2D eigenvalue weighted by atomic mass is 10.0. The second-order valence-corrected chi connectivity index (χ2v) is 7.93. The van der Waals surface area contributed by atoms with Crippen molar-refractivity contribution < 1.29 is 14.3 Å². The Morgan fingerprint density at radius 1 is 1.21 bits per heavy atom. The summed E-state index contributed by atoms with van der Waals surface area (Å²) in [6.07, 6.45) is 2.07. The summed E-state index contributed by atoms with van der Waals surface area (Å²) < 4.78 is 12.0. The van der Waals surface area contributed by atoms with Gasteiger partial charge >= 0.3 is 0 Å². The maximum atomic E-state index is 12.9. The smallest absolute Gasteiger partial charge is 0.236 e. The molecule has 1 atom stereocenters. The van der Waals surface area contributed by atoms with Crippen LogP contribution in [0.3, 0.4) is 0 Å². The van der Waals surface area contributed by atoms with Crippen molar-refractivity contribution in [3.63, 3.8) is 0 Å². The number of carbonyl (C=O) groups is 1. The Labute approximate surface area is 175 Å². The first-order valence-electron chi connectivity index (χ1n) is 9.46. The van der Waals surface area contributed by atoms with Gasteiger partial charge in [0.25, 0.3) is 0 Å². The predicted molar refractivity (Wildman–Crippen MR) is 114 cm³/mol. The molecule has 1 heterocycles. The van der Waals surface area contributed by atoms with Crippen molar-refractivity contribution >= 4 is 21.8 Å². The molecule has 6 heteroatoms. The molecule has 28 heavy (non-hydrogen) atoms. The Balaban J connectivity index is 1.71. The molecule has 2 aromatic rings. The molecule has 1 aliphatic rings. The summed E-state index contributed by atoms with van der Waals surface area (Å²) in [6, 6.07) is 14.0. The van der Waals surface area contributed by atoms with E-state index in [1.165, 1.54) is 0 Å². The van der Waals surface area contributed by atoms with Gasteiger partial charge < -0.3 is 14.4 Å². The molecule has 1 amide bonds. The van der Waals surface area contributed by atoms with Gasteiger partial charge in [-0.15, -0.1) is 0 Å². The maximum absolute atomic E-state index is 12.9. The second kappa shape index (κ2) is 9.43. The number of carbonyl (C=O) groups excluding carboxylic acids is 1. The Hall–Kier alpha value is -2.05. The van der Waals surface area contributed by atoms with Crippen LogP contribution in [0.25, 0.3) is 0 Å². The lowest BCUT2D eigenvalue weighted by molar-refractivity contribution is -0.131. The third kappa shape index (κ3) is 4.67. The standard InChI is InChI=1S/C22H27BrN2O3/c1-24(14-16-7-4-5-8-19(16)23)22(26)15-25-12-6-9-20(25)18-13-17(27-2)10-11-21(18)28-3/h4-5,7-8,10-11,13,20H,6,9,12,14-15H2,1-3H3.